The van der Waals surface area contributed by atoms with Crippen molar-refractivity contribution in [3.8, 4) is 0 Å². The van der Waals surface area contributed by atoms with Gasteiger partial charge in [0.15, 0.2) is 0 Å². The van der Waals surface area contributed by atoms with Crippen molar-refractivity contribution in [2.24, 2.45) is 0 Å². The topological polar surface area (TPSA) is 18.5 Å². The maximum atomic E-state index is 6.14. The Morgan fingerprint density at radius 2 is 1.19 bits per heavy atom. The van der Waals surface area contributed by atoms with Gasteiger partial charge in [-0.2, -0.15) is 0 Å². The third-order valence-corrected chi connectivity index (χ3v) is 5.07. The third-order valence-electron chi connectivity index (χ3n) is 3.92. The zero-order chi connectivity index (χ0) is 17.9. The average Bonchev–Trinajstić information content (AvgIpc) is 2.72. The normalized spacial score (nSPS) is 12.0. The number of hydrogen-bond donors (Lipinski definition) is 0. The minimum absolute atomic E-state index is 0.0455. The van der Waals surface area contributed by atoms with E-state index < -0.39 is 0 Å². The molecule has 3 aromatic rings. The van der Waals surface area contributed by atoms with Crippen molar-refractivity contribution in [1.29, 1.82) is 0 Å². The Bertz CT molecular complexity index is 688. The zero-order valence-corrected chi connectivity index (χ0v) is 15.6. The van der Waals surface area contributed by atoms with Gasteiger partial charge in [-0.05, 0) is 23.3 Å². The fourth-order valence-electron chi connectivity index (χ4n) is 2.52. The van der Waals surface area contributed by atoms with Gasteiger partial charge >= 0.3 is 0 Å². The van der Waals surface area contributed by atoms with Gasteiger partial charge in [-0.15, -0.1) is 11.8 Å². The second-order valence-corrected chi connectivity index (χ2v) is 7.14. The maximum Gasteiger partial charge on any atom is 0.0906 e. The summed E-state index contributed by atoms with van der Waals surface area (Å²) in [6.45, 7) is 1.80. The van der Waals surface area contributed by atoms with Crippen molar-refractivity contribution in [2.45, 2.75) is 24.2 Å². The van der Waals surface area contributed by atoms with Crippen LogP contribution in [0.3, 0.4) is 0 Å². The van der Waals surface area contributed by atoms with Crippen molar-refractivity contribution in [3.05, 3.63) is 102 Å². The van der Waals surface area contributed by atoms with E-state index in [1.165, 1.54) is 16.0 Å². The molecule has 2 nitrogen and oxygen atoms in total. The Morgan fingerprint density at radius 1 is 0.654 bits per heavy atom. The number of hydrogen-bond acceptors (Lipinski definition) is 3. The molecular weight excluding hydrogens is 340 g/mol. The third kappa shape index (κ3) is 6.68. The molecule has 0 aliphatic heterocycles. The molecule has 134 valence electrons. The molecule has 26 heavy (non-hydrogen) atoms. The first kappa shape index (κ1) is 18.7. The summed E-state index contributed by atoms with van der Waals surface area (Å²) in [4.78, 5) is 1.25. The lowest BCUT2D eigenvalue weighted by Crippen LogP contribution is -2.22. The van der Waals surface area contributed by atoms with Crippen LogP contribution in [-0.4, -0.2) is 18.5 Å². The molecule has 3 heteroatoms. The van der Waals surface area contributed by atoms with E-state index in [0.29, 0.717) is 19.8 Å². The second kappa shape index (κ2) is 10.8. The Balaban J connectivity index is 1.51. The van der Waals surface area contributed by atoms with Crippen LogP contribution in [0.2, 0.25) is 0 Å². The highest BCUT2D eigenvalue weighted by Crippen LogP contribution is 2.20. The van der Waals surface area contributed by atoms with E-state index in [-0.39, 0.29) is 6.10 Å². The van der Waals surface area contributed by atoms with Crippen LogP contribution in [0.4, 0.5) is 0 Å². The first-order valence-corrected chi connectivity index (χ1v) is 9.84. The summed E-state index contributed by atoms with van der Waals surface area (Å²) in [6, 6.07) is 31.0. The predicted octanol–water partition coefficient (Wildman–Crippen LogP) is 5.58. The predicted molar refractivity (Wildman–Crippen MR) is 108 cm³/mol. The lowest BCUT2D eigenvalue weighted by atomic mass is 10.2. The van der Waals surface area contributed by atoms with E-state index in [1.807, 2.05) is 42.5 Å². The van der Waals surface area contributed by atoms with Gasteiger partial charge in [-0.3, -0.25) is 0 Å². The van der Waals surface area contributed by atoms with Gasteiger partial charge in [0.25, 0.3) is 0 Å². The summed E-state index contributed by atoms with van der Waals surface area (Å²) >= 11 is 1.80. The molecule has 0 saturated carbocycles. The first-order chi connectivity index (χ1) is 12.9. The van der Waals surface area contributed by atoms with Crippen molar-refractivity contribution in [1.82, 2.24) is 0 Å². The molecule has 0 N–H and O–H groups in total. The van der Waals surface area contributed by atoms with Crippen LogP contribution in [-0.2, 0) is 22.7 Å². The number of rotatable bonds is 10. The smallest absolute Gasteiger partial charge is 0.0906 e. The van der Waals surface area contributed by atoms with Crippen molar-refractivity contribution < 1.29 is 9.47 Å². The van der Waals surface area contributed by atoms with Gasteiger partial charge in [0.2, 0.25) is 0 Å². The van der Waals surface area contributed by atoms with Crippen LogP contribution in [0.15, 0.2) is 95.9 Å². The molecule has 0 heterocycles. The molecule has 0 saturated heterocycles. The molecule has 3 aromatic carbocycles. The number of benzene rings is 3. The van der Waals surface area contributed by atoms with E-state index in [0.717, 1.165) is 5.75 Å². The van der Waals surface area contributed by atoms with E-state index in [2.05, 4.69) is 48.5 Å². The Morgan fingerprint density at radius 3 is 1.81 bits per heavy atom. The standard InChI is InChI=1S/C23H24O2S/c1-4-10-20(11-5-1)16-24-18-22(19-26-23-14-8-3-9-15-23)25-17-21-12-6-2-7-13-21/h1-15,22H,16-19H2/t22-/m0/s1. The molecule has 3 rings (SSSR count). The van der Waals surface area contributed by atoms with Gasteiger partial charge in [0, 0.05) is 10.6 Å². The molecule has 0 aromatic heterocycles. The summed E-state index contributed by atoms with van der Waals surface area (Å²) in [5.74, 6) is 0.867. The summed E-state index contributed by atoms with van der Waals surface area (Å²) in [7, 11) is 0. The molecule has 0 bridgehead atoms. The van der Waals surface area contributed by atoms with Crippen LogP contribution in [0, 0.1) is 0 Å². The molecule has 0 aliphatic rings. The lowest BCUT2D eigenvalue weighted by Gasteiger charge is -2.18. The monoisotopic (exact) mass is 364 g/mol. The maximum absolute atomic E-state index is 6.14. The largest absolute Gasteiger partial charge is 0.374 e. The molecule has 0 fully saturated rings. The van der Waals surface area contributed by atoms with E-state index in [1.54, 1.807) is 11.8 Å². The Hall–Kier alpha value is -2.07. The summed E-state index contributed by atoms with van der Waals surface area (Å²) < 4.78 is 12.1. The van der Waals surface area contributed by atoms with Crippen LogP contribution >= 0.6 is 11.8 Å². The molecule has 0 unspecified atom stereocenters. The van der Waals surface area contributed by atoms with E-state index in [4.69, 9.17) is 9.47 Å². The van der Waals surface area contributed by atoms with Crippen molar-refractivity contribution >= 4 is 11.8 Å². The summed E-state index contributed by atoms with van der Waals surface area (Å²) in [6.07, 6.45) is 0.0455. The fourth-order valence-corrected chi connectivity index (χ4v) is 3.44. The van der Waals surface area contributed by atoms with Crippen LogP contribution in [0.5, 0.6) is 0 Å². The molecule has 0 amide bonds. The Labute approximate surface area is 160 Å². The van der Waals surface area contributed by atoms with Crippen LogP contribution in [0.1, 0.15) is 11.1 Å². The molecule has 0 radical (unpaired) electrons. The highest BCUT2D eigenvalue weighted by molar-refractivity contribution is 7.99. The molecule has 1 atom stereocenters. The Kier molecular flexibility index (Phi) is 7.78. The zero-order valence-electron chi connectivity index (χ0n) is 14.8. The minimum atomic E-state index is 0.0455. The second-order valence-electron chi connectivity index (χ2n) is 6.04. The lowest BCUT2D eigenvalue weighted by molar-refractivity contribution is -0.0173. The minimum Gasteiger partial charge on any atom is -0.374 e. The van der Waals surface area contributed by atoms with Gasteiger partial charge in [0.05, 0.1) is 25.9 Å². The number of ether oxygens (including phenoxy) is 2. The number of thioether (sulfide) groups is 1. The molecular formula is C23H24O2S. The SMILES string of the molecule is c1ccc(COC[C@@H](CSc2ccccc2)OCc2ccccc2)cc1. The van der Waals surface area contributed by atoms with Gasteiger partial charge in [0.1, 0.15) is 0 Å². The van der Waals surface area contributed by atoms with E-state index >= 15 is 0 Å². The van der Waals surface area contributed by atoms with Gasteiger partial charge in [-0.1, -0.05) is 78.9 Å². The first-order valence-electron chi connectivity index (χ1n) is 8.85. The quantitative estimate of drug-likeness (QED) is 0.438. The summed E-state index contributed by atoms with van der Waals surface area (Å²) in [5, 5.41) is 0. The molecule has 0 spiro atoms. The van der Waals surface area contributed by atoms with Crippen molar-refractivity contribution in [3.63, 3.8) is 0 Å². The van der Waals surface area contributed by atoms with Crippen LogP contribution in [0.25, 0.3) is 0 Å². The van der Waals surface area contributed by atoms with Gasteiger partial charge in [-0.25, -0.2) is 0 Å². The fraction of sp³-hybridized carbons (Fsp3) is 0.217. The van der Waals surface area contributed by atoms with Crippen molar-refractivity contribution in [2.75, 3.05) is 12.4 Å². The molecule has 0 aliphatic carbocycles. The summed E-state index contributed by atoms with van der Waals surface area (Å²) in [5.41, 5.74) is 2.37. The van der Waals surface area contributed by atoms with Gasteiger partial charge < -0.3 is 9.47 Å². The highest BCUT2D eigenvalue weighted by Gasteiger charge is 2.11. The van der Waals surface area contributed by atoms with E-state index in [9.17, 15) is 0 Å². The van der Waals surface area contributed by atoms with Crippen LogP contribution < -0.4 is 0 Å². The average molecular weight is 365 g/mol. The highest BCUT2D eigenvalue weighted by atomic mass is 32.2.